The molecule has 0 aromatic heterocycles. The van der Waals surface area contributed by atoms with E-state index in [9.17, 15) is 4.39 Å². The largest absolute Gasteiger partial charge is 0.316 e. The predicted octanol–water partition coefficient (Wildman–Crippen LogP) is 4.27. The molecule has 1 N–H and O–H groups in total. The van der Waals surface area contributed by atoms with E-state index >= 15 is 0 Å². The molecule has 1 aromatic carbocycles. The molecule has 0 radical (unpaired) electrons. The number of hydrogen-bond acceptors (Lipinski definition) is 1. The van der Waals surface area contributed by atoms with Gasteiger partial charge in [0.2, 0.25) is 0 Å². The molecule has 2 aliphatic rings. The zero-order valence-corrected chi connectivity index (χ0v) is 12.7. The molecular formula is C18H26FN. The summed E-state index contributed by atoms with van der Waals surface area (Å²) in [4.78, 5) is 0. The van der Waals surface area contributed by atoms with E-state index in [-0.39, 0.29) is 11.2 Å². The minimum Gasteiger partial charge on any atom is -0.316 e. The predicted molar refractivity (Wildman–Crippen MR) is 81.3 cm³/mol. The van der Waals surface area contributed by atoms with Gasteiger partial charge >= 0.3 is 0 Å². The Morgan fingerprint density at radius 2 is 2.00 bits per heavy atom. The van der Waals surface area contributed by atoms with Crippen molar-refractivity contribution in [3.05, 3.63) is 35.6 Å². The molecule has 0 bridgehead atoms. The van der Waals surface area contributed by atoms with Crippen molar-refractivity contribution in [3.8, 4) is 0 Å². The van der Waals surface area contributed by atoms with Gasteiger partial charge in [-0.25, -0.2) is 4.39 Å². The summed E-state index contributed by atoms with van der Waals surface area (Å²) in [5.74, 6) is 0.567. The first-order valence-corrected chi connectivity index (χ1v) is 8.01. The van der Waals surface area contributed by atoms with E-state index in [1.54, 1.807) is 12.1 Å². The lowest BCUT2D eigenvalue weighted by molar-refractivity contribution is -0.0485. The van der Waals surface area contributed by atoms with Crippen molar-refractivity contribution >= 4 is 0 Å². The molecule has 2 heteroatoms. The van der Waals surface area contributed by atoms with Gasteiger partial charge in [-0.2, -0.15) is 0 Å². The smallest absolute Gasteiger partial charge is 0.123 e. The lowest BCUT2D eigenvalue weighted by Gasteiger charge is -2.62. The average Bonchev–Trinajstić information content (AvgIpc) is 2.29. The van der Waals surface area contributed by atoms with Gasteiger partial charge in [0, 0.05) is 12.0 Å². The van der Waals surface area contributed by atoms with E-state index in [0.717, 1.165) is 13.1 Å². The minimum absolute atomic E-state index is 0.0969. The minimum atomic E-state index is -0.0969. The Hall–Kier alpha value is -0.890. The second kappa shape index (κ2) is 5.14. The van der Waals surface area contributed by atoms with Gasteiger partial charge in [0.1, 0.15) is 5.82 Å². The molecule has 0 amide bonds. The quantitative estimate of drug-likeness (QED) is 0.846. The van der Waals surface area contributed by atoms with E-state index in [0.29, 0.717) is 11.3 Å². The van der Waals surface area contributed by atoms with Crippen molar-refractivity contribution in [2.45, 2.75) is 51.4 Å². The van der Waals surface area contributed by atoms with Gasteiger partial charge in [0.05, 0.1) is 0 Å². The van der Waals surface area contributed by atoms with Crippen molar-refractivity contribution in [1.82, 2.24) is 5.32 Å². The summed E-state index contributed by atoms with van der Waals surface area (Å²) in [6.07, 6.45) is 6.64. The lowest BCUT2D eigenvalue weighted by Crippen LogP contribution is -2.57. The van der Waals surface area contributed by atoms with Crippen molar-refractivity contribution in [2.24, 2.45) is 11.3 Å². The van der Waals surface area contributed by atoms with Crippen LogP contribution in [0.1, 0.15) is 51.5 Å². The molecular weight excluding hydrogens is 249 g/mol. The molecule has 1 aromatic rings. The second-order valence-corrected chi connectivity index (χ2v) is 7.52. The van der Waals surface area contributed by atoms with E-state index < -0.39 is 0 Å². The van der Waals surface area contributed by atoms with Crippen LogP contribution in [0.4, 0.5) is 4.39 Å². The van der Waals surface area contributed by atoms with Crippen LogP contribution >= 0.6 is 0 Å². The molecule has 1 spiro atoms. The normalized spacial score (nSPS) is 22.6. The van der Waals surface area contributed by atoms with Gasteiger partial charge in [-0.3, -0.25) is 0 Å². The highest BCUT2D eigenvalue weighted by Gasteiger charge is 2.57. The maximum absolute atomic E-state index is 13.6. The van der Waals surface area contributed by atoms with E-state index in [1.807, 2.05) is 6.07 Å². The number of halogens is 1. The van der Waals surface area contributed by atoms with Crippen LogP contribution in [-0.2, 0) is 5.41 Å². The van der Waals surface area contributed by atoms with Crippen LogP contribution in [0, 0.1) is 17.2 Å². The van der Waals surface area contributed by atoms with Crippen molar-refractivity contribution < 1.29 is 4.39 Å². The van der Waals surface area contributed by atoms with Gasteiger partial charge < -0.3 is 5.32 Å². The molecule has 0 heterocycles. The number of rotatable bonds is 5. The summed E-state index contributed by atoms with van der Waals surface area (Å²) >= 11 is 0. The second-order valence-electron chi connectivity index (χ2n) is 7.52. The topological polar surface area (TPSA) is 12.0 Å². The summed E-state index contributed by atoms with van der Waals surface area (Å²) in [6, 6.07) is 7.28. The summed E-state index contributed by atoms with van der Waals surface area (Å²) in [6.45, 7) is 6.51. The van der Waals surface area contributed by atoms with E-state index in [2.05, 4.69) is 25.2 Å². The molecule has 20 heavy (non-hydrogen) atoms. The van der Waals surface area contributed by atoms with Gasteiger partial charge in [-0.15, -0.1) is 0 Å². The molecule has 3 rings (SSSR count). The molecule has 110 valence electrons. The highest BCUT2D eigenvalue weighted by molar-refractivity contribution is 5.32. The first kappa shape index (κ1) is 14.1. The molecule has 0 aliphatic heterocycles. The number of benzene rings is 1. The summed E-state index contributed by atoms with van der Waals surface area (Å²) in [5.41, 5.74) is 1.98. The number of hydrogen-bond donors (Lipinski definition) is 1. The molecule has 0 atom stereocenters. The third kappa shape index (κ3) is 2.50. The Morgan fingerprint density at radius 3 is 2.55 bits per heavy atom. The molecule has 0 saturated heterocycles. The molecule has 1 nitrogen and oxygen atoms in total. The van der Waals surface area contributed by atoms with Crippen LogP contribution < -0.4 is 5.32 Å². The van der Waals surface area contributed by atoms with E-state index in [1.165, 1.54) is 37.7 Å². The average molecular weight is 275 g/mol. The first-order chi connectivity index (χ1) is 9.54. The van der Waals surface area contributed by atoms with Gasteiger partial charge in [0.15, 0.2) is 0 Å². The Bertz CT molecular complexity index is 468. The first-order valence-electron chi connectivity index (χ1n) is 8.01. The summed E-state index contributed by atoms with van der Waals surface area (Å²) < 4.78 is 13.6. The van der Waals surface area contributed by atoms with Crippen molar-refractivity contribution in [3.63, 3.8) is 0 Å². The van der Waals surface area contributed by atoms with Crippen LogP contribution in [0.15, 0.2) is 24.3 Å². The van der Waals surface area contributed by atoms with Crippen LogP contribution in [-0.4, -0.2) is 13.1 Å². The van der Waals surface area contributed by atoms with E-state index in [4.69, 9.17) is 0 Å². The van der Waals surface area contributed by atoms with Crippen LogP contribution in [0.2, 0.25) is 0 Å². The standard InChI is InChI=1S/C18H26FN/c1-14(2)10-20-13-18(11-17(12-18)7-4-8-17)15-5-3-6-16(19)9-15/h3,5-6,9,14,20H,4,7-8,10-13H2,1-2H3. The molecule has 0 unspecified atom stereocenters. The number of nitrogens with one attached hydrogen (secondary N) is 1. The highest BCUT2D eigenvalue weighted by atomic mass is 19.1. The summed E-state index contributed by atoms with van der Waals surface area (Å²) in [5, 5.41) is 3.61. The summed E-state index contributed by atoms with van der Waals surface area (Å²) in [7, 11) is 0. The maximum atomic E-state index is 13.6. The fraction of sp³-hybridized carbons (Fsp3) is 0.667. The maximum Gasteiger partial charge on any atom is 0.123 e. The Balaban J connectivity index is 1.74. The molecule has 2 saturated carbocycles. The van der Waals surface area contributed by atoms with Gasteiger partial charge in [-0.05, 0) is 61.3 Å². The molecule has 2 aliphatic carbocycles. The SMILES string of the molecule is CC(C)CNCC1(c2cccc(F)c2)CC2(CCC2)C1. The van der Waals surface area contributed by atoms with Gasteiger partial charge in [0.25, 0.3) is 0 Å². The molecule has 2 fully saturated rings. The Labute approximate surface area is 122 Å². The van der Waals surface area contributed by atoms with Crippen LogP contribution in [0.25, 0.3) is 0 Å². The van der Waals surface area contributed by atoms with Gasteiger partial charge in [-0.1, -0.05) is 32.4 Å². The van der Waals surface area contributed by atoms with Crippen LogP contribution in [0.3, 0.4) is 0 Å². The fourth-order valence-corrected chi connectivity index (χ4v) is 4.26. The zero-order chi connectivity index (χ0) is 14.2. The third-order valence-electron chi connectivity index (χ3n) is 5.29. The fourth-order valence-electron chi connectivity index (χ4n) is 4.26. The monoisotopic (exact) mass is 275 g/mol. The lowest BCUT2D eigenvalue weighted by atomic mass is 9.43. The zero-order valence-electron chi connectivity index (χ0n) is 12.7. The highest BCUT2D eigenvalue weighted by Crippen LogP contribution is 2.64. The third-order valence-corrected chi connectivity index (χ3v) is 5.29. The van der Waals surface area contributed by atoms with Crippen molar-refractivity contribution in [2.75, 3.05) is 13.1 Å². The Kier molecular flexibility index (Phi) is 3.62. The Morgan fingerprint density at radius 1 is 1.25 bits per heavy atom. The van der Waals surface area contributed by atoms with Crippen molar-refractivity contribution in [1.29, 1.82) is 0 Å². The van der Waals surface area contributed by atoms with Crippen LogP contribution in [0.5, 0.6) is 0 Å².